The molecule has 26 heavy (non-hydrogen) atoms. The summed E-state index contributed by atoms with van der Waals surface area (Å²) < 4.78 is 4.98. The van der Waals surface area contributed by atoms with Gasteiger partial charge >= 0.3 is 0 Å². The number of methoxy groups -OCH3 is 1. The van der Waals surface area contributed by atoms with Gasteiger partial charge in [-0.25, -0.2) is 10.4 Å². The molecule has 0 fully saturated rings. The topological polar surface area (TPSA) is 96.7 Å². The van der Waals surface area contributed by atoms with E-state index in [1.165, 1.54) is 30.7 Å². The van der Waals surface area contributed by atoms with Gasteiger partial charge in [0.25, 0.3) is 5.91 Å². The van der Waals surface area contributed by atoms with E-state index in [-0.39, 0.29) is 11.7 Å². The van der Waals surface area contributed by atoms with E-state index in [1.807, 2.05) is 12.1 Å². The number of carbonyl (C=O) groups excluding carboxylic acids is 1. The molecule has 3 rings (SSSR count). The van der Waals surface area contributed by atoms with Crippen molar-refractivity contribution in [2.45, 2.75) is 6.92 Å². The number of amides is 1. The first-order valence-electron chi connectivity index (χ1n) is 7.66. The van der Waals surface area contributed by atoms with Gasteiger partial charge in [-0.3, -0.25) is 9.78 Å². The Hall–Kier alpha value is -3.26. The van der Waals surface area contributed by atoms with Crippen LogP contribution in [0, 0.1) is 6.92 Å². The number of rotatable bonds is 5. The number of aromatic hydroxyl groups is 1. The number of hydrogen-bond acceptors (Lipinski definition) is 7. The second-order valence-corrected chi connectivity index (χ2v) is 6.30. The lowest BCUT2D eigenvalue weighted by Gasteiger charge is -2.03. The minimum Gasteiger partial charge on any atom is -0.504 e. The minimum absolute atomic E-state index is 0.00284. The predicted octanol–water partition coefficient (Wildman–Crippen LogP) is 2.99. The van der Waals surface area contributed by atoms with Gasteiger partial charge in [0, 0.05) is 18.0 Å². The van der Waals surface area contributed by atoms with Crippen LogP contribution in [0.25, 0.3) is 10.6 Å². The molecule has 7 nitrogen and oxygen atoms in total. The van der Waals surface area contributed by atoms with Gasteiger partial charge in [0.1, 0.15) is 9.88 Å². The van der Waals surface area contributed by atoms with Crippen LogP contribution in [0.4, 0.5) is 0 Å². The predicted molar refractivity (Wildman–Crippen MR) is 99.8 cm³/mol. The summed E-state index contributed by atoms with van der Waals surface area (Å²) in [6.07, 6.45) is 4.80. The summed E-state index contributed by atoms with van der Waals surface area (Å²) in [5.41, 5.74) is 4.65. The number of pyridine rings is 1. The molecule has 1 amide bonds. The molecule has 0 aliphatic rings. The number of ether oxygens (including phenoxy) is 1. The van der Waals surface area contributed by atoms with Crippen molar-refractivity contribution < 1.29 is 14.6 Å². The molecule has 0 atom stereocenters. The van der Waals surface area contributed by atoms with Crippen molar-refractivity contribution in [3.63, 3.8) is 0 Å². The number of carbonyl (C=O) groups is 1. The Morgan fingerprint density at radius 3 is 2.77 bits per heavy atom. The number of hydrogen-bond donors (Lipinski definition) is 2. The van der Waals surface area contributed by atoms with Gasteiger partial charge in [0.05, 0.1) is 19.0 Å². The fourth-order valence-corrected chi connectivity index (χ4v) is 3.19. The summed E-state index contributed by atoms with van der Waals surface area (Å²) in [6.45, 7) is 1.78. The van der Waals surface area contributed by atoms with Crippen molar-refractivity contribution in [3.05, 3.63) is 58.9 Å². The summed E-state index contributed by atoms with van der Waals surface area (Å²) in [4.78, 5) is 21.2. The number of phenolic OH excluding ortho intramolecular Hbond substituents is 1. The van der Waals surface area contributed by atoms with E-state index in [1.54, 1.807) is 31.5 Å². The van der Waals surface area contributed by atoms with Crippen molar-refractivity contribution in [1.82, 2.24) is 15.4 Å². The van der Waals surface area contributed by atoms with Gasteiger partial charge in [0.15, 0.2) is 11.5 Å². The van der Waals surface area contributed by atoms with Crippen LogP contribution in [0.3, 0.4) is 0 Å². The second-order valence-electron chi connectivity index (χ2n) is 5.30. The highest BCUT2D eigenvalue weighted by atomic mass is 32.1. The molecule has 1 aromatic carbocycles. The molecule has 0 aliphatic carbocycles. The Bertz CT molecular complexity index is 954. The van der Waals surface area contributed by atoms with E-state index in [2.05, 4.69) is 20.5 Å². The van der Waals surface area contributed by atoms with Gasteiger partial charge in [0.2, 0.25) is 0 Å². The molecule has 8 heteroatoms. The lowest BCUT2D eigenvalue weighted by atomic mass is 10.2. The molecular formula is C18H16N4O3S. The summed E-state index contributed by atoms with van der Waals surface area (Å²) in [5, 5.41) is 14.4. The van der Waals surface area contributed by atoms with E-state index in [9.17, 15) is 9.90 Å². The molecule has 0 saturated heterocycles. The molecule has 2 heterocycles. The highest BCUT2D eigenvalue weighted by Crippen LogP contribution is 2.27. The van der Waals surface area contributed by atoms with Crippen LogP contribution in [0.2, 0.25) is 0 Å². The third kappa shape index (κ3) is 3.86. The van der Waals surface area contributed by atoms with Gasteiger partial charge in [-0.2, -0.15) is 5.10 Å². The van der Waals surface area contributed by atoms with E-state index in [0.717, 1.165) is 10.6 Å². The average Bonchev–Trinajstić information content (AvgIpc) is 3.04. The first-order valence-corrected chi connectivity index (χ1v) is 8.48. The van der Waals surface area contributed by atoms with Crippen LogP contribution in [0.1, 0.15) is 20.9 Å². The smallest absolute Gasteiger partial charge is 0.283 e. The zero-order valence-corrected chi connectivity index (χ0v) is 14.9. The number of thiazole rings is 1. The van der Waals surface area contributed by atoms with Crippen LogP contribution in [0.5, 0.6) is 11.5 Å². The zero-order valence-electron chi connectivity index (χ0n) is 14.1. The fourth-order valence-electron chi connectivity index (χ4n) is 2.23. The maximum absolute atomic E-state index is 12.3. The van der Waals surface area contributed by atoms with Gasteiger partial charge in [-0.15, -0.1) is 11.3 Å². The number of phenols is 1. The van der Waals surface area contributed by atoms with Crippen LogP contribution >= 0.6 is 11.3 Å². The number of aromatic nitrogens is 2. The molecule has 0 radical (unpaired) electrons. The summed E-state index contributed by atoms with van der Waals surface area (Å²) >= 11 is 1.29. The molecule has 132 valence electrons. The number of benzene rings is 1. The van der Waals surface area contributed by atoms with Crippen LogP contribution in [-0.2, 0) is 0 Å². The summed E-state index contributed by atoms with van der Waals surface area (Å²) in [6, 6.07) is 8.51. The molecule has 0 aliphatic heterocycles. The maximum atomic E-state index is 12.3. The molecule has 2 aromatic heterocycles. The van der Waals surface area contributed by atoms with Gasteiger partial charge in [-0.05, 0) is 42.8 Å². The Labute approximate surface area is 154 Å². The largest absolute Gasteiger partial charge is 0.504 e. The normalized spacial score (nSPS) is 10.8. The number of aryl methyl sites for hydroxylation is 1. The molecule has 0 saturated carbocycles. The third-order valence-corrected chi connectivity index (χ3v) is 4.72. The molecule has 0 bridgehead atoms. The van der Waals surface area contributed by atoms with Crippen molar-refractivity contribution in [2.24, 2.45) is 5.10 Å². The quantitative estimate of drug-likeness (QED) is 0.533. The standard InChI is InChI=1S/C18H16N4O3S/c1-11-16(26-18(21-11)13-5-7-19-8-6-13)17(24)22-20-10-12-3-4-15(25-2)14(23)9-12/h3-10,23H,1-2H3,(H,22,24)/b20-10+. The minimum atomic E-state index is -0.339. The Kier molecular flexibility index (Phi) is 5.23. The first kappa shape index (κ1) is 17.6. The average molecular weight is 368 g/mol. The highest BCUT2D eigenvalue weighted by Gasteiger charge is 2.15. The maximum Gasteiger partial charge on any atom is 0.283 e. The third-order valence-electron chi connectivity index (χ3n) is 3.51. The second kappa shape index (κ2) is 7.75. The van der Waals surface area contributed by atoms with Gasteiger partial charge < -0.3 is 9.84 Å². The van der Waals surface area contributed by atoms with Crippen LogP contribution < -0.4 is 10.2 Å². The molecule has 2 N–H and O–H groups in total. The van der Waals surface area contributed by atoms with Gasteiger partial charge in [-0.1, -0.05) is 0 Å². The highest BCUT2D eigenvalue weighted by molar-refractivity contribution is 7.17. The Morgan fingerprint density at radius 2 is 2.08 bits per heavy atom. The number of nitrogens with one attached hydrogen (secondary N) is 1. The molecular weight excluding hydrogens is 352 g/mol. The van der Waals surface area contributed by atoms with Crippen molar-refractivity contribution in [1.29, 1.82) is 0 Å². The summed E-state index contributed by atoms with van der Waals surface area (Å²) in [5.74, 6) is 0.0347. The molecule has 0 unspecified atom stereocenters. The Morgan fingerprint density at radius 1 is 1.31 bits per heavy atom. The lowest BCUT2D eigenvalue weighted by Crippen LogP contribution is -2.17. The number of hydrazone groups is 1. The monoisotopic (exact) mass is 368 g/mol. The van der Waals surface area contributed by atoms with E-state index in [0.29, 0.717) is 21.9 Å². The Balaban J connectivity index is 1.70. The molecule has 3 aromatic rings. The van der Waals surface area contributed by atoms with Crippen molar-refractivity contribution >= 4 is 23.5 Å². The van der Waals surface area contributed by atoms with E-state index in [4.69, 9.17) is 4.74 Å². The van der Waals surface area contributed by atoms with E-state index < -0.39 is 0 Å². The van der Waals surface area contributed by atoms with Crippen molar-refractivity contribution in [3.8, 4) is 22.1 Å². The van der Waals surface area contributed by atoms with Crippen LogP contribution in [0.15, 0.2) is 47.8 Å². The fraction of sp³-hybridized carbons (Fsp3) is 0.111. The zero-order chi connectivity index (χ0) is 18.5. The first-order chi connectivity index (χ1) is 12.6. The SMILES string of the molecule is COc1ccc(/C=N/NC(=O)c2sc(-c3ccncc3)nc2C)cc1O. The van der Waals surface area contributed by atoms with Crippen molar-refractivity contribution in [2.75, 3.05) is 7.11 Å². The lowest BCUT2D eigenvalue weighted by molar-refractivity contribution is 0.0958. The number of nitrogens with zero attached hydrogens (tertiary/aromatic N) is 3. The molecule has 0 spiro atoms. The van der Waals surface area contributed by atoms with E-state index >= 15 is 0 Å². The van der Waals surface area contributed by atoms with Crippen LogP contribution in [-0.4, -0.2) is 34.3 Å². The summed E-state index contributed by atoms with van der Waals surface area (Å²) in [7, 11) is 1.47.